The first-order chi connectivity index (χ1) is 9.43. The van der Waals surface area contributed by atoms with Crippen LogP contribution in [0.3, 0.4) is 0 Å². The molecule has 0 saturated heterocycles. The minimum Gasteiger partial charge on any atom is -0.477 e. The molecular formula is C10H6F6N2O3. The quantitative estimate of drug-likeness (QED) is 0.840. The van der Waals surface area contributed by atoms with Crippen molar-refractivity contribution < 1.29 is 41.0 Å². The number of aromatic carboxylic acids is 1. The second kappa shape index (κ2) is 5.58. The Bertz CT molecular complexity index is 540. The van der Waals surface area contributed by atoms with Crippen LogP contribution in [0.5, 0.6) is 0 Å². The predicted molar refractivity (Wildman–Crippen MR) is 55.4 cm³/mol. The molecule has 1 aromatic rings. The highest BCUT2D eigenvalue weighted by Gasteiger charge is 2.61. The lowest BCUT2D eigenvalue weighted by Gasteiger charge is -2.21. The van der Waals surface area contributed by atoms with E-state index in [1.165, 1.54) is 5.32 Å². The Morgan fingerprint density at radius 3 is 2.05 bits per heavy atom. The molecule has 21 heavy (non-hydrogen) atoms. The number of hydrogen-bond donors (Lipinski definition) is 2. The Kier molecular flexibility index (Phi) is 4.44. The van der Waals surface area contributed by atoms with E-state index in [9.17, 15) is 35.9 Å². The number of carboxylic acid groups (broad SMARTS) is 1. The number of nitrogens with zero attached hydrogens (tertiary/aromatic N) is 1. The van der Waals surface area contributed by atoms with Gasteiger partial charge in [-0.1, -0.05) is 6.07 Å². The predicted octanol–water partition coefficient (Wildman–Crippen LogP) is 2.46. The molecule has 0 aliphatic heterocycles. The zero-order chi connectivity index (χ0) is 16.4. The van der Waals surface area contributed by atoms with Gasteiger partial charge in [-0.2, -0.15) is 26.3 Å². The molecule has 0 aliphatic rings. The van der Waals surface area contributed by atoms with E-state index in [-0.39, 0.29) is 0 Å². The summed E-state index contributed by atoms with van der Waals surface area (Å²) >= 11 is 0. The largest absolute Gasteiger partial charge is 0.477 e. The number of carbonyl (C=O) groups excluding carboxylic acids is 1. The monoisotopic (exact) mass is 316 g/mol. The van der Waals surface area contributed by atoms with Gasteiger partial charge in [-0.3, -0.25) is 4.79 Å². The summed E-state index contributed by atoms with van der Waals surface area (Å²) < 4.78 is 73.7. The van der Waals surface area contributed by atoms with Gasteiger partial charge in [0.15, 0.2) is 5.69 Å². The number of pyridine rings is 1. The lowest BCUT2D eigenvalue weighted by atomic mass is 10.1. The number of carboxylic acids is 1. The van der Waals surface area contributed by atoms with Crippen molar-refractivity contribution in [3.8, 4) is 0 Å². The Morgan fingerprint density at radius 2 is 1.62 bits per heavy atom. The summed E-state index contributed by atoms with van der Waals surface area (Å²) in [6, 6.07) is 2.80. The van der Waals surface area contributed by atoms with Crippen molar-refractivity contribution in [2.75, 3.05) is 5.32 Å². The van der Waals surface area contributed by atoms with E-state index < -0.39 is 41.7 Å². The van der Waals surface area contributed by atoms with E-state index in [1.807, 2.05) is 0 Å². The van der Waals surface area contributed by atoms with Crippen molar-refractivity contribution in [2.24, 2.45) is 5.92 Å². The van der Waals surface area contributed by atoms with Gasteiger partial charge < -0.3 is 10.4 Å². The summed E-state index contributed by atoms with van der Waals surface area (Å²) in [6.07, 6.45) is -11.7. The molecular weight excluding hydrogens is 310 g/mol. The fourth-order valence-electron chi connectivity index (χ4n) is 1.30. The molecule has 0 bridgehead atoms. The second-order valence-electron chi connectivity index (χ2n) is 3.72. The lowest BCUT2D eigenvalue weighted by Crippen LogP contribution is -2.45. The van der Waals surface area contributed by atoms with E-state index >= 15 is 0 Å². The van der Waals surface area contributed by atoms with Crippen LogP contribution in [0.2, 0.25) is 0 Å². The third-order valence-electron chi connectivity index (χ3n) is 2.14. The number of hydrogen-bond acceptors (Lipinski definition) is 3. The van der Waals surface area contributed by atoms with Crippen LogP contribution in [0.25, 0.3) is 0 Å². The number of rotatable bonds is 3. The maximum atomic E-state index is 12.3. The normalized spacial score (nSPS) is 12.3. The Hall–Kier alpha value is -2.33. The minimum absolute atomic E-state index is 0.650. The zero-order valence-electron chi connectivity index (χ0n) is 9.79. The molecule has 1 rings (SSSR count). The third kappa shape index (κ3) is 4.33. The molecule has 1 heterocycles. The Labute approximate surface area is 112 Å². The summed E-state index contributed by atoms with van der Waals surface area (Å²) in [5.74, 6) is -8.93. The molecule has 0 saturated carbocycles. The van der Waals surface area contributed by atoms with E-state index in [1.54, 1.807) is 0 Å². The van der Waals surface area contributed by atoms with Crippen LogP contribution in [0, 0.1) is 5.92 Å². The molecule has 11 heteroatoms. The number of amides is 1. The molecule has 0 unspecified atom stereocenters. The van der Waals surface area contributed by atoms with Gasteiger partial charge in [-0.25, -0.2) is 9.78 Å². The van der Waals surface area contributed by atoms with Gasteiger partial charge in [0.25, 0.3) is 0 Å². The van der Waals surface area contributed by atoms with E-state index in [0.717, 1.165) is 18.2 Å². The van der Waals surface area contributed by atoms with E-state index in [2.05, 4.69) is 4.98 Å². The maximum absolute atomic E-state index is 12.3. The molecule has 1 amide bonds. The van der Waals surface area contributed by atoms with Gasteiger partial charge in [-0.05, 0) is 12.1 Å². The number of anilines is 1. The molecule has 2 N–H and O–H groups in total. The van der Waals surface area contributed by atoms with Gasteiger partial charge in [0.05, 0.1) is 0 Å². The molecule has 1 aromatic heterocycles. The average molecular weight is 316 g/mol. The molecule has 0 radical (unpaired) electrons. The van der Waals surface area contributed by atoms with E-state index in [0.29, 0.717) is 0 Å². The molecule has 5 nitrogen and oxygen atoms in total. The van der Waals surface area contributed by atoms with Gasteiger partial charge in [-0.15, -0.1) is 0 Å². The molecule has 0 fully saturated rings. The van der Waals surface area contributed by atoms with Crippen LogP contribution in [-0.2, 0) is 4.79 Å². The van der Waals surface area contributed by atoms with Crippen molar-refractivity contribution in [1.82, 2.24) is 4.98 Å². The standard InChI is InChI=1S/C10H6F6N2O3/c11-9(12,13)6(10(14,15)16)7(19)18-5-3-1-2-4(17-5)8(20)21/h1-3,6H,(H,20,21)(H,17,18,19). The number of nitrogens with one attached hydrogen (secondary N) is 1. The molecule has 0 spiro atoms. The molecule has 116 valence electrons. The fourth-order valence-corrected chi connectivity index (χ4v) is 1.30. The van der Waals surface area contributed by atoms with Crippen LogP contribution in [0.1, 0.15) is 10.5 Å². The van der Waals surface area contributed by atoms with Crippen molar-refractivity contribution in [3.63, 3.8) is 0 Å². The first-order valence-electron chi connectivity index (χ1n) is 5.07. The van der Waals surface area contributed by atoms with Gasteiger partial charge in [0.2, 0.25) is 11.8 Å². The SMILES string of the molecule is O=C(O)c1cccc(NC(=O)C(C(F)(F)F)C(F)(F)F)n1. The van der Waals surface area contributed by atoms with E-state index in [4.69, 9.17) is 5.11 Å². The summed E-state index contributed by atoms with van der Waals surface area (Å²) in [5.41, 5.74) is -0.650. The highest BCUT2D eigenvalue weighted by molar-refractivity contribution is 5.93. The summed E-state index contributed by atoms with van der Waals surface area (Å²) in [5, 5.41) is 9.87. The molecule has 0 aromatic carbocycles. The molecule has 0 aliphatic carbocycles. The van der Waals surface area contributed by atoms with Gasteiger partial charge in [0, 0.05) is 0 Å². The smallest absolute Gasteiger partial charge is 0.409 e. The van der Waals surface area contributed by atoms with Gasteiger partial charge in [0.1, 0.15) is 5.82 Å². The first-order valence-corrected chi connectivity index (χ1v) is 5.07. The fraction of sp³-hybridized carbons (Fsp3) is 0.300. The highest BCUT2D eigenvalue weighted by Crippen LogP contribution is 2.39. The number of carbonyl (C=O) groups is 2. The Morgan fingerprint density at radius 1 is 1.10 bits per heavy atom. The van der Waals surface area contributed by atoms with Crippen molar-refractivity contribution >= 4 is 17.7 Å². The minimum atomic E-state index is -5.84. The van der Waals surface area contributed by atoms with Gasteiger partial charge >= 0.3 is 18.3 Å². The lowest BCUT2D eigenvalue weighted by molar-refractivity contribution is -0.272. The van der Waals surface area contributed by atoms with Crippen LogP contribution in [-0.4, -0.2) is 34.3 Å². The highest BCUT2D eigenvalue weighted by atomic mass is 19.4. The average Bonchev–Trinajstić information content (AvgIpc) is 2.24. The van der Waals surface area contributed by atoms with Crippen LogP contribution in [0.4, 0.5) is 32.2 Å². The van der Waals surface area contributed by atoms with Crippen LogP contribution >= 0.6 is 0 Å². The maximum Gasteiger partial charge on any atom is 0.409 e. The summed E-state index contributed by atoms with van der Waals surface area (Å²) in [6.45, 7) is 0. The Balaban J connectivity index is 3.03. The van der Waals surface area contributed by atoms with Crippen molar-refractivity contribution in [1.29, 1.82) is 0 Å². The second-order valence-corrected chi connectivity index (χ2v) is 3.72. The van der Waals surface area contributed by atoms with Crippen molar-refractivity contribution in [2.45, 2.75) is 12.4 Å². The molecule has 0 atom stereocenters. The topological polar surface area (TPSA) is 79.3 Å². The zero-order valence-corrected chi connectivity index (χ0v) is 9.79. The summed E-state index contributed by atoms with van der Waals surface area (Å²) in [4.78, 5) is 24.9. The number of aromatic nitrogens is 1. The van der Waals surface area contributed by atoms with Crippen LogP contribution < -0.4 is 5.32 Å². The summed E-state index contributed by atoms with van der Waals surface area (Å²) in [7, 11) is 0. The first kappa shape index (κ1) is 16.7. The number of alkyl halides is 6. The van der Waals surface area contributed by atoms with Crippen LogP contribution in [0.15, 0.2) is 18.2 Å². The number of halogens is 6. The van der Waals surface area contributed by atoms with Crippen molar-refractivity contribution in [3.05, 3.63) is 23.9 Å². The third-order valence-corrected chi connectivity index (χ3v) is 2.14.